The molecule has 2 aromatic rings. The van der Waals surface area contributed by atoms with Gasteiger partial charge < -0.3 is 4.74 Å². The number of carbonyl (C=O) groups excluding carboxylic acids is 2. The van der Waals surface area contributed by atoms with E-state index in [1.165, 1.54) is 19.1 Å². The second kappa shape index (κ2) is 6.61. The molecule has 0 radical (unpaired) electrons. The zero-order chi connectivity index (χ0) is 15.4. The number of hydrogen-bond acceptors (Lipinski definition) is 3. The second-order valence-electron chi connectivity index (χ2n) is 4.23. The Labute approximate surface area is 131 Å². The molecule has 0 unspecified atom stereocenters. The van der Waals surface area contributed by atoms with E-state index in [1.54, 1.807) is 30.3 Å². The van der Waals surface area contributed by atoms with Crippen LogP contribution in [0.3, 0.4) is 0 Å². The third-order valence-electron chi connectivity index (χ3n) is 2.62. The van der Waals surface area contributed by atoms with Crippen molar-refractivity contribution in [3.8, 4) is 5.75 Å². The van der Waals surface area contributed by atoms with E-state index in [2.05, 4.69) is 5.32 Å². The van der Waals surface area contributed by atoms with Crippen LogP contribution < -0.4 is 10.1 Å². The smallest absolute Gasteiger partial charge is 0.410 e. The third kappa shape index (κ3) is 4.21. The summed E-state index contributed by atoms with van der Waals surface area (Å²) in [6, 6.07) is 11.0. The van der Waals surface area contributed by atoms with Crippen LogP contribution in [0.5, 0.6) is 5.75 Å². The summed E-state index contributed by atoms with van der Waals surface area (Å²) in [5.74, 6) is 0.172. The molecule has 0 heterocycles. The van der Waals surface area contributed by atoms with Crippen LogP contribution in [0.1, 0.15) is 17.3 Å². The summed E-state index contributed by atoms with van der Waals surface area (Å²) < 4.78 is 5.10. The molecule has 0 aliphatic heterocycles. The molecule has 0 aromatic heterocycles. The molecule has 1 N–H and O–H groups in total. The molecule has 0 atom stereocenters. The molecular formula is C15H11Cl2NO3. The van der Waals surface area contributed by atoms with Gasteiger partial charge in [-0.15, -0.1) is 0 Å². The van der Waals surface area contributed by atoms with E-state index in [9.17, 15) is 9.59 Å². The first kappa shape index (κ1) is 15.4. The van der Waals surface area contributed by atoms with Gasteiger partial charge in [0.2, 0.25) is 0 Å². The van der Waals surface area contributed by atoms with Crippen LogP contribution in [0, 0.1) is 0 Å². The zero-order valence-corrected chi connectivity index (χ0v) is 12.5. The lowest BCUT2D eigenvalue weighted by Gasteiger charge is -2.08. The Morgan fingerprint density at radius 2 is 1.81 bits per heavy atom. The molecule has 0 aliphatic rings. The van der Waals surface area contributed by atoms with E-state index in [-0.39, 0.29) is 11.5 Å². The van der Waals surface area contributed by atoms with Crippen LogP contribution in [0.25, 0.3) is 0 Å². The van der Waals surface area contributed by atoms with Crippen LogP contribution in [-0.2, 0) is 0 Å². The number of halogens is 2. The SMILES string of the molecule is CC(=O)c1cccc(OC(=O)Nc2ccc(Cl)c(Cl)c2)c1. The Balaban J connectivity index is 2.06. The molecule has 2 rings (SSSR count). The van der Waals surface area contributed by atoms with E-state index in [0.717, 1.165) is 0 Å². The highest BCUT2D eigenvalue weighted by Gasteiger charge is 2.08. The van der Waals surface area contributed by atoms with Crippen molar-refractivity contribution in [2.75, 3.05) is 5.32 Å². The van der Waals surface area contributed by atoms with Crippen molar-refractivity contribution in [3.63, 3.8) is 0 Å². The molecule has 0 saturated carbocycles. The molecule has 0 spiro atoms. The highest BCUT2D eigenvalue weighted by atomic mass is 35.5. The van der Waals surface area contributed by atoms with Gasteiger partial charge in [0.15, 0.2) is 5.78 Å². The molecule has 0 fully saturated rings. The van der Waals surface area contributed by atoms with Crippen LogP contribution in [-0.4, -0.2) is 11.9 Å². The van der Waals surface area contributed by atoms with Crippen LogP contribution in [0.15, 0.2) is 42.5 Å². The largest absolute Gasteiger partial charge is 0.417 e. The number of amides is 1. The number of anilines is 1. The summed E-state index contributed by atoms with van der Waals surface area (Å²) in [4.78, 5) is 23.0. The Morgan fingerprint density at radius 1 is 1.05 bits per heavy atom. The number of ether oxygens (including phenoxy) is 1. The van der Waals surface area contributed by atoms with Gasteiger partial charge in [0.05, 0.1) is 10.0 Å². The first-order valence-electron chi connectivity index (χ1n) is 6.00. The predicted octanol–water partition coefficient (Wildman–Crippen LogP) is 4.81. The van der Waals surface area contributed by atoms with Gasteiger partial charge in [-0.1, -0.05) is 35.3 Å². The fraction of sp³-hybridized carbons (Fsp3) is 0.0667. The maximum Gasteiger partial charge on any atom is 0.417 e. The number of nitrogens with one attached hydrogen (secondary N) is 1. The van der Waals surface area contributed by atoms with Gasteiger partial charge in [-0.2, -0.15) is 0 Å². The topological polar surface area (TPSA) is 55.4 Å². The summed E-state index contributed by atoms with van der Waals surface area (Å²) in [6.07, 6.45) is -0.686. The zero-order valence-electron chi connectivity index (χ0n) is 11.0. The van der Waals surface area contributed by atoms with Crippen molar-refractivity contribution < 1.29 is 14.3 Å². The van der Waals surface area contributed by atoms with Crippen LogP contribution >= 0.6 is 23.2 Å². The van der Waals surface area contributed by atoms with Crippen molar-refractivity contribution in [2.24, 2.45) is 0 Å². The summed E-state index contributed by atoms with van der Waals surface area (Å²) in [5.41, 5.74) is 0.923. The summed E-state index contributed by atoms with van der Waals surface area (Å²) in [5, 5.41) is 3.24. The van der Waals surface area contributed by atoms with E-state index in [4.69, 9.17) is 27.9 Å². The fourth-order valence-electron chi connectivity index (χ4n) is 1.60. The third-order valence-corrected chi connectivity index (χ3v) is 3.36. The van der Waals surface area contributed by atoms with Crippen molar-refractivity contribution in [2.45, 2.75) is 6.92 Å². The highest BCUT2D eigenvalue weighted by Crippen LogP contribution is 2.25. The lowest BCUT2D eigenvalue weighted by molar-refractivity contribution is 0.101. The number of rotatable bonds is 3. The molecule has 0 bridgehead atoms. The molecule has 6 heteroatoms. The standard InChI is InChI=1S/C15H11Cl2NO3/c1-9(19)10-3-2-4-12(7-10)21-15(20)18-11-5-6-13(16)14(17)8-11/h2-8H,1H3,(H,18,20). The minimum Gasteiger partial charge on any atom is -0.410 e. The first-order chi connectivity index (χ1) is 9.95. The minimum atomic E-state index is -0.686. The van der Waals surface area contributed by atoms with Crippen LogP contribution in [0.4, 0.5) is 10.5 Å². The van der Waals surface area contributed by atoms with Crippen molar-refractivity contribution >= 4 is 40.8 Å². The Kier molecular flexibility index (Phi) is 4.83. The van der Waals surface area contributed by atoms with Crippen molar-refractivity contribution in [1.29, 1.82) is 0 Å². The van der Waals surface area contributed by atoms with Gasteiger partial charge in [-0.25, -0.2) is 4.79 Å². The maximum absolute atomic E-state index is 11.8. The highest BCUT2D eigenvalue weighted by molar-refractivity contribution is 6.42. The molecule has 21 heavy (non-hydrogen) atoms. The molecule has 108 valence electrons. The Bertz CT molecular complexity index is 701. The molecular weight excluding hydrogens is 313 g/mol. The number of hydrogen-bond donors (Lipinski definition) is 1. The summed E-state index contributed by atoms with van der Waals surface area (Å²) >= 11 is 11.6. The van der Waals surface area contributed by atoms with Gasteiger partial charge in [0.1, 0.15) is 5.75 Å². The summed E-state index contributed by atoms with van der Waals surface area (Å²) in [6.45, 7) is 1.44. The van der Waals surface area contributed by atoms with Gasteiger partial charge in [0.25, 0.3) is 0 Å². The van der Waals surface area contributed by atoms with E-state index in [0.29, 0.717) is 21.3 Å². The van der Waals surface area contributed by atoms with Gasteiger partial charge in [-0.3, -0.25) is 10.1 Å². The second-order valence-corrected chi connectivity index (χ2v) is 5.04. The molecule has 0 saturated heterocycles. The Morgan fingerprint density at radius 3 is 2.48 bits per heavy atom. The molecule has 2 aromatic carbocycles. The quantitative estimate of drug-likeness (QED) is 0.825. The lowest BCUT2D eigenvalue weighted by atomic mass is 10.1. The first-order valence-corrected chi connectivity index (χ1v) is 6.76. The maximum atomic E-state index is 11.8. The normalized spacial score (nSPS) is 10.0. The monoisotopic (exact) mass is 323 g/mol. The van der Waals surface area contributed by atoms with E-state index < -0.39 is 6.09 Å². The fourth-order valence-corrected chi connectivity index (χ4v) is 1.90. The van der Waals surface area contributed by atoms with Crippen LogP contribution in [0.2, 0.25) is 10.0 Å². The Hall–Kier alpha value is -2.04. The van der Waals surface area contributed by atoms with Crippen molar-refractivity contribution in [1.82, 2.24) is 0 Å². The number of carbonyl (C=O) groups is 2. The molecule has 0 aliphatic carbocycles. The molecule has 4 nitrogen and oxygen atoms in total. The van der Waals surface area contributed by atoms with Gasteiger partial charge in [0, 0.05) is 11.3 Å². The number of Topliss-reactive ketones (excluding diaryl/α,β-unsaturated/α-hetero) is 1. The lowest BCUT2D eigenvalue weighted by Crippen LogP contribution is -2.16. The molecule has 1 amide bonds. The summed E-state index contributed by atoms with van der Waals surface area (Å²) in [7, 11) is 0. The van der Waals surface area contributed by atoms with Gasteiger partial charge in [-0.05, 0) is 37.3 Å². The number of ketones is 1. The predicted molar refractivity (Wildman–Crippen MR) is 82.6 cm³/mol. The average molecular weight is 324 g/mol. The number of benzene rings is 2. The average Bonchev–Trinajstić information content (AvgIpc) is 2.43. The van der Waals surface area contributed by atoms with Crippen molar-refractivity contribution in [3.05, 3.63) is 58.1 Å². The minimum absolute atomic E-state index is 0.106. The van der Waals surface area contributed by atoms with E-state index >= 15 is 0 Å². The van der Waals surface area contributed by atoms with E-state index in [1.807, 2.05) is 0 Å². The van der Waals surface area contributed by atoms with Gasteiger partial charge >= 0.3 is 6.09 Å².